The minimum Gasteiger partial charge on any atom is -0.492 e. The summed E-state index contributed by atoms with van der Waals surface area (Å²) >= 11 is 6.45. The Kier molecular flexibility index (Phi) is 4.87. The van der Waals surface area contributed by atoms with Gasteiger partial charge in [0.2, 0.25) is 6.23 Å². The van der Waals surface area contributed by atoms with Crippen LogP contribution in [0, 0.1) is 6.92 Å². The number of rotatable bonds is 4. The Morgan fingerprint density at radius 1 is 1.07 bits per heavy atom. The number of aryl methyl sites for hydroxylation is 1. The highest BCUT2D eigenvalue weighted by Crippen LogP contribution is 2.48. The van der Waals surface area contributed by atoms with Gasteiger partial charge in [-0.05, 0) is 49.2 Å². The van der Waals surface area contributed by atoms with Crippen LogP contribution in [0.5, 0.6) is 11.5 Å². The van der Waals surface area contributed by atoms with E-state index >= 15 is 0 Å². The maximum absolute atomic E-state index is 6.45. The number of hydrogen-bond acceptors (Lipinski definition) is 4. The highest BCUT2D eigenvalue weighted by atomic mass is 35.5. The molecule has 0 saturated carbocycles. The number of nitrogens with zero attached hydrogens (tertiary/aromatic N) is 2. The summed E-state index contributed by atoms with van der Waals surface area (Å²) in [4.78, 5) is 0. The monoisotopic (exact) mass is 418 g/mol. The van der Waals surface area contributed by atoms with Crippen LogP contribution in [0.15, 0.2) is 71.8 Å². The zero-order valence-electron chi connectivity index (χ0n) is 17.0. The molecule has 2 heterocycles. The van der Waals surface area contributed by atoms with Crippen molar-refractivity contribution in [3.05, 3.63) is 94.0 Å². The number of halogens is 1. The Labute approximate surface area is 181 Å². The van der Waals surface area contributed by atoms with Gasteiger partial charge in [0.25, 0.3) is 0 Å². The van der Waals surface area contributed by atoms with E-state index in [1.54, 1.807) is 0 Å². The Morgan fingerprint density at radius 3 is 2.60 bits per heavy atom. The molecule has 0 saturated heterocycles. The molecule has 0 aliphatic carbocycles. The molecule has 30 heavy (non-hydrogen) atoms. The summed E-state index contributed by atoms with van der Waals surface area (Å²) in [5.41, 5.74) is 5.50. The van der Waals surface area contributed by atoms with Crippen LogP contribution >= 0.6 is 11.6 Å². The van der Waals surface area contributed by atoms with E-state index in [4.69, 9.17) is 26.2 Å². The summed E-state index contributed by atoms with van der Waals surface area (Å²) in [5, 5.41) is 7.73. The predicted octanol–water partition coefficient (Wildman–Crippen LogP) is 6.29. The zero-order valence-corrected chi connectivity index (χ0v) is 17.8. The minimum absolute atomic E-state index is 0.125. The van der Waals surface area contributed by atoms with Gasteiger partial charge in [0.05, 0.1) is 23.4 Å². The first-order chi connectivity index (χ1) is 14.7. The second-order valence-corrected chi connectivity index (χ2v) is 8.00. The Bertz CT molecular complexity index is 1130. The summed E-state index contributed by atoms with van der Waals surface area (Å²) < 4.78 is 12.0. The fraction of sp³-hybridized carbons (Fsp3) is 0.240. The van der Waals surface area contributed by atoms with Crippen LogP contribution in [-0.4, -0.2) is 17.3 Å². The molecule has 0 fully saturated rings. The molecule has 4 nitrogen and oxygen atoms in total. The molecule has 152 valence electrons. The van der Waals surface area contributed by atoms with Crippen LogP contribution in [0.1, 0.15) is 47.9 Å². The maximum Gasteiger partial charge on any atom is 0.214 e. The number of fused-ring (bicyclic) bond motifs is 3. The van der Waals surface area contributed by atoms with Crippen molar-refractivity contribution < 1.29 is 9.47 Å². The largest absolute Gasteiger partial charge is 0.492 e. The van der Waals surface area contributed by atoms with E-state index in [0.29, 0.717) is 17.4 Å². The first-order valence-electron chi connectivity index (χ1n) is 10.3. The molecule has 0 unspecified atom stereocenters. The lowest BCUT2D eigenvalue weighted by Gasteiger charge is -2.38. The third-order valence-corrected chi connectivity index (χ3v) is 6.01. The Balaban J connectivity index is 1.56. The average molecular weight is 419 g/mol. The SMILES string of the molecule is CCOc1ccc(C2=NN3[C@H](C2)c2ccccc2O[C@@H]3c2ccccc2C)cc1Cl. The molecule has 0 N–H and O–H groups in total. The van der Waals surface area contributed by atoms with E-state index in [9.17, 15) is 0 Å². The molecule has 0 spiro atoms. The average Bonchev–Trinajstić information content (AvgIpc) is 3.21. The van der Waals surface area contributed by atoms with Crippen molar-refractivity contribution in [1.29, 1.82) is 0 Å². The molecular formula is C25H23ClN2O2. The van der Waals surface area contributed by atoms with E-state index in [2.05, 4.69) is 36.2 Å². The van der Waals surface area contributed by atoms with Gasteiger partial charge < -0.3 is 9.47 Å². The van der Waals surface area contributed by atoms with Crippen molar-refractivity contribution in [3.8, 4) is 11.5 Å². The molecular weight excluding hydrogens is 396 g/mol. The predicted molar refractivity (Wildman–Crippen MR) is 119 cm³/mol. The van der Waals surface area contributed by atoms with Crippen LogP contribution in [0.3, 0.4) is 0 Å². The highest BCUT2D eigenvalue weighted by Gasteiger charge is 2.41. The van der Waals surface area contributed by atoms with Crippen LogP contribution < -0.4 is 9.47 Å². The third-order valence-electron chi connectivity index (χ3n) is 5.72. The number of para-hydroxylation sites is 1. The lowest BCUT2D eigenvalue weighted by Crippen LogP contribution is -2.34. The highest BCUT2D eigenvalue weighted by molar-refractivity contribution is 6.32. The van der Waals surface area contributed by atoms with E-state index in [0.717, 1.165) is 34.6 Å². The lowest BCUT2D eigenvalue weighted by molar-refractivity contribution is -0.0194. The Hall–Kier alpha value is -2.98. The molecule has 5 rings (SSSR count). The summed E-state index contributed by atoms with van der Waals surface area (Å²) in [5.74, 6) is 1.62. The van der Waals surface area contributed by atoms with Crippen molar-refractivity contribution in [2.45, 2.75) is 32.5 Å². The van der Waals surface area contributed by atoms with Gasteiger partial charge in [0.15, 0.2) is 0 Å². The third kappa shape index (κ3) is 3.21. The normalized spacial score (nSPS) is 19.6. The van der Waals surface area contributed by atoms with Crippen molar-refractivity contribution in [1.82, 2.24) is 5.01 Å². The van der Waals surface area contributed by atoms with Crippen LogP contribution in [0.4, 0.5) is 0 Å². The summed E-state index contributed by atoms with van der Waals surface area (Å²) in [7, 11) is 0. The first kappa shape index (κ1) is 19.0. The molecule has 2 atom stereocenters. The van der Waals surface area contributed by atoms with Gasteiger partial charge in [-0.1, -0.05) is 54.1 Å². The van der Waals surface area contributed by atoms with Crippen LogP contribution in [0.2, 0.25) is 5.02 Å². The van der Waals surface area contributed by atoms with E-state index in [1.807, 2.05) is 49.4 Å². The van der Waals surface area contributed by atoms with Gasteiger partial charge in [-0.15, -0.1) is 0 Å². The topological polar surface area (TPSA) is 34.1 Å². The smallest absolute Gasteiger partial charge is 0.214 e. The molecule has 2 aliphatic rings. The van der Waals surface area contributed by atoms with Gasteiger partial charge in [-0.25, -0.2) is 5.01 Å². The standard InChI is InChI=1S/C25H23ClN2O2/c1-3-29-24-13-12-17(14-20(24)26)21-15-22-19-10-6-7-11-23(19)30-25(28(22)27-21)18-9-5-4-8-16(18)2/h4-14,22,25H,3,15H2,1-2H3/t22-,25-/m1/s1. The fourth-order valence-corrected chi connectivity index (χ4v) is 4.47. The van der Waals surface area contributed by atoms with Gasteiger partial charge in [-0.2, -0.15) is 5.10 Å². The van der Waals surface area contributed by atoms with Crippen molar-refractivity contribution in [3.63, 3.8) is 0 Å². The number of benzene rings is 3. The van der Waals surface area contributed by atoms with Crippen molar-refractivity contribution in [2.75, 3.05) is 6.61 Å². The zero-order chi connectivity index (χ0) is 20.7. The van der Waals surface area contributed by atoms with E-state index in [1.165, 1.54) is 5.56 Å². The van der Waals surface area contributed by atoms with Gasteiger partial charge >= 0.3 is 0 Å². The molecule has 5 heteroatoms. The van der Waals surface area contributed by atoms with E-state index < -0.39 is 0 Å². The first-order valence-corrected chi connectivity index (χ1v) is 10.6. The quantitative estimate of drug-likeness (QED) is 0.499. The van der Waals surface area contributed by atoms with Gasteiger partial charge in [0, 0.05) is 17.5 Å². The molecule has 3 aromatic carbocycles. The van der Waals surface area contributed by atoms with Gasteiger partial charge in [-0.3, -0.25) is 0 Å². The summed E-state index contributed by atoms with van der Waals surface area (Å²) in [6.07, 6.45) is 0.536. The summed E-state index contributed by atoms with van der Waals surface area (Å²) in [6.45, 7) is 4.65. The molecule has 2 aliphatic heterocycles. The van der Waals surface area contributed by atoms with Crippen LogP contribution in [-0.2, 0) is 0 Å². The van der Waals surface area contributed by atoms with Crippen LogP contribution in [0.25, 0.3) is 0 Å². The molecule has 0 amide bonds. The van der Waals surface area contributed by atoms with Gasteiger partial charge in [0.1, 0.15) is 11.5 Å². The number of hydrogen-bond donors (Lipinski definition) is 0. The molecule has 0 bridgehead atoms. The second kappa shape index (κ2) is 7.69. The lowest BCUT2D eigenvalue weighted by atomic mass is 9.95. The second-order valence-electron chi connectivity index (χ2n) is 7.59. The molecule has 3 aromatic rings. The fourth-order valence-electron chi connectivity index (χ4n) is 4.23. The maximum atomic E-state index is 6.45. The van der Waals surface area contributed by atoms with Crippen molar-refractivity contribution >= 4 is 17.3 Å². The molecule has 0 aromatic heterocycles. The molecule has 0 radical (unpaired) electrons. The summed E-state index contributed by atoms with van der Waals surface area (Å²) in [6, 6.07) is 22.6. The minimum atomic E-state index is -0.262. The Morgan fingerprint density at radius 2 is 1.83 bits per heavy atom. The van der Waals surface area contributed by atoms with E-state index in [-0.39, 0.29) is 12.3 Å². The number of hydrazone groups is 1. The van der Waals surface area contributed by atoms with Crippen molar-refractivity contribution in [2.24, 2.45) is 5.10 Å². The number of ether oxygens (including phenoxy) is 2.